The van der Waals surface area contributed by atoms with Gasteiger partial charge in [-0.2, -0.15) is 5.26 Å². The largest absolute Gasteiger partial charge is 0.508 e. The van der Waals surface area contributed by atoms with Gasteiger partial charge in [-0.15, -0.1) is 0 Å². The summed E-state index contributed by atoms with van der Waals surface area (Å²) in [4.78, 5) is 10.0. The van der Waals surface area contributed by atoms with E-state index in [9.17, 15) is 20.3 Å². The molecule has 9 nitrogen and oxygen atoms in total. The number of para-hydroxylation sites is 1. The van der Waals surface area contributed by atoms with Gasteiger partial charge in [0.15, 0.2) is 0 Å². The Labute approximate surface area is 377 Å². The maximum absolute atomic E-state index is 10.5. The van der Waals surface area contributed by atoms with E-state index in [0.717, 1.165) is 50.3 Å². The summed E-state index contributed by atoms with van der Waals surface area (Å²) in [6.45, 7) is 0. The van der Waals surface area contributed by atoms with Gasteiger partial charge in [-0.05, 0) is 129 Å². The van der Waals surface area contributed by atoms with Crippen molar-refractivity contribution in [2.75, 3.05) is 7.11 Å². The Balaban J connectivity index is 0.000000144. The number of nitro groups is 1. The third kappa shape index (κ3) is 13.2. The lowest BCUT2D eigenvalue weighted by molar-refractivity contribution is -0.384. The predicted molar refractivity (Wildman–Crippen MR) is 258 cm³/mol. The van der Waals surface area contributed by atoms with Crippen LogP contribution in [0.25, 0.3) is 55.6 Å². The second kappa shape index (κ2) is 22.6. The third-order valence-electron chi connectivity index (χ3n) is 9.97. The van der Waals surface area contributed by atoms with Gasteiger partial charge in [-0.3, -0.25) is 10.1 Å². The number of phenols is 4. The van der Waals surface area contributed by atoms with Crippen LogP contribution < -0.4 is 4.74 Å². The summed E-state index contributed by atoms with van der Waals surface area (Å²) in [6, 6.07) is 70.3. The summed E-state index contributed by atoms with van der Waals surface area (Å²) in [5, 5.41) is 55.9. The lowest BCUT2D eigenvalue weighted by Gasteiger charge is -2.07. The minimum Gasteiger partial charge on any atom is -0.508 e. The zero-order chi connectivity index (χ0) is 46.0. The van der Waals surface area contributed by atoms with Crippen LogP contribution in [-0.2, 0) is 0 Å². The lowest BCUT2D eigenvalue weighted by atomic mass is 10.0. The summed E-state index contributed by atoms with van der Waals surface area (Å²) in [5.74, 6) is 1.86. The number of nitriles is 1. The second-order valence-corrected chi connectivity index (χ2v) is 14.3. The Morgan fingerprint density at radius 2 is 0.692 bits per heavy atom. The Morgan fingerprint density at radius 1 is 0.400 bits per heavy atom. The summed E-state index contributed by atoms with van der Waals surface area (Å²) < 4.78 is 5.27. The van der Waals surface area contributed by atoms with Crippen LogP contribution in [0.3, 0.4) is 0 Å². The fourth-order valence-corrected chi connectivity index (χ4v) is 6.48. The number of aromatic hydroxyl groups is 4. The molecule has 320 valence electrons. The lowest BCUT2D eigenvalue weighted by Crippen LogP contribution is -1.86. The monoisotopic (exact) mass is 856 g/mol. The summed E-state index contributed by atoms with van der Waals surface area (Å²) >= 11 is 0. The molecule has 65 heavy (non-hydrogen) atoms. The molecule has 0 aliphatic heterocycles. The quantitative estimate of drug-likeness (QED) is 0.0911. The van der Waals surface area contributed by atoms with Crippen LogP contribution in [0, 0.1) is 21.4 Å². The number of benzene rings is 9. The number of non-ortho nitro benzene ring substituents is 1. The van der Waals surface area contributed by atoms with Crippen molar-refractivity contribution >= 4 is 5.69 Å². The van der Waals surface area contributed by atoms with Crippen LogP contribution in [0.2, 0.25) is 0 Å². The highest BCUT2D eigenvalue weighted by molar-refractivity contribution is 5.72. The first-order valence-corrected chi connectivity index (χ1v) is 20.3. The van der Waals surface area contributed by atoms with E-state index < -0.39 is 4.92 Å². The Kier molecular flexibility index (Phi) is 15.8. The average molecular weight is 857 g/mol. The molecule has 0 bridgehead atoms. The Bertz CT molecular complexity index is 2920. The molecule has 9 heteroatoms. The van der Waals surface area contributed by atoms with E-state index in [2.05, 4.69) is 42.5 Å². The maximum Gasteiger partial charge on any atom is 0.269 e. The Morgan fingerprint density at radius 3 is 1.05 bits per heavy atom. The van der Waals surface area contributed by atoms with Gasteiger partial charge < -0.3 is 25.2 Å². The molecule has 0 aliphatic rings. The summed E-state index contributed by atoms with van der Waals surface area (Å²) in [6.07, 6.45) is 0. The molecule has 0 saturated carbocycles. The SMILES string of the molecule is COc1ccccc1-c1ccc(O)cc1.N#Cc1ccc(-c2ccc(O)cc2)cc1.O=[N+]([O-])c1ccc(-c2ccc(O)cc2)cc1.Oc1ccc(-c2ccc(-c3ccccc3)cc2)cc1. The van der Waals surface area contributed by atoms with Crippen LogP contribution in [0.15, 0.2) is 224 Å². The molecule has 0 aromatic heterocycles. The predicted octanol–water partition coefficient (Wildman–Crippen LogP) is 13.7. The van der Waals surface area contributed by atoms with Crippen molar-refractivity contribution in [1.29, 1.82) is 5.26 Å². The molecule has 0 saturated heterocycles. The zero-order valence-electron chi connectivity index (χ0n) is 35.3. The number of methoxy groups -OCH3 is 1. The van der Waals surface area contributed by atoms with Gasteiger partial charge in [0.2, 0.25) is 0 Å². The molecule has 0 atom stereocenters. The van der Waals surface area contributed by atoms with Crippen molar-refractivity contribution in [1.82, 2.24) is 0 Å². The highest BCUT2D eigenvalue weighted by atomic mass is 16.6. The number of nitrogens with zero attached hydrogens (tertiary/aromatic N) is 2. The zero-order valence-corrected chi connectivity index (χ0v) is 35.3. The van der Waals surface area contributed by atoms with E-state index in [0.29, 0.717) is 11.3 Å². The first-order chi connectivity index (χ1) is 31.6. The molecule has 4 N–H and O–H groups in total. The molecule has 0 heterocycles. The molecule has 9 aromatic rings. The molecule has 0 radical (unpaired) electrons. The molecule has 0 spiro atoms. The van der Waals surface area contributed by atoms with Crippen LogP contribution in [0.1, 0.15) is 5.56 Å². The molecule has 0 amide bonds. The van der Waals surface area contributed by atoms with E-state index in [1.807, 2.05) is 91.0 Å². The van der Waals surface area contributed by atoms with Crippen molar-refractivity contribution in [3.05, 3.63) is 240 Å². The fraction of sp³-hybridized carbons (Fsp3) is 0.0179. The molecule has 9 aromatic carbocycles. The molecular weight excluding hydrogens is 813 g/mol. The van der Waals surface area contributed by atoms with Crippen LogP contribution in [0.5, 0.6) is 28.7 Å². The molecule has 0 aliphatic carbocycles. The summed E-state index contributed by atoms with van der Waals surface area (Å²) in [7, 11) is 1.65. The van der Waals surface area contributed by atoms with E-state index in [-0.39, 0.29) is 22.9 Å². The topological polar surface area (TPSA) is 157 Å². The maximum atomic E-state index is 10.5. The van der Waals surface area contributed by atoms with E-state index in [1.165, 1.54) is 23.3 Å². The van der Waals surface area contributed by atoms with Crippen molar-refractivity contribution < 1.29 is 30.1 Å². The van der Waals surface area contributed by atoms with Gasteiger partial charge >= 0.3 is 0 Å². The molecule has 0 fully saturated rings. The molecular formula is C56H44N2O7. The first kappa shape index (κ1) is 45.4. The highest BCUT2D eigenvalue weighted by Gasteiger charge is 2.06. The number of rotatable bonds is 7. The number of phenolic OH excluding ortho intramolecular Hbond substituents is 4. The van der Waals surface area contributed by atoms with Crippen LogP contribution >= 0.6 is 0 Å². The van der Waals surface area contributed by atoms with Crippen LogP contribution in [0.4, 0.5) is 5.69 Å². The van der Waals surface area contributed by atoms with Gasteiger partial charge in [-0.1, -0.05) is 133 Å². The summed E-state index contributed by atoms with van der Waals surface area (Å²) in [5.41, 5.74) is 11.3. The van der Waals surface area contributed by atoms with Crippen molar-refractivity contribution in [3.63, 3.8) is 0 Å². The minimum absolute atomic E-state index is 0.0718. The van der Waals surface area contributed by atoms with Gasteiger partial charge in [-0.25, -0.2) is 0 Å². The second-order valence-electron chi connectivity index (χ2n) is 14.3. The number of hydrogen-bond acceptors (Lipinski definition) is 8. The van der Waals surface area contributed by atoms with E-state index >= 15 is 0 Å². The first-order valence-electron chi connectivity index (χ1n) is 20.3. The number of hydrogen-bond donors (Lipinski definition) is 4. The third-order valence-corrected chi connectivity index (χ3v) is 9.97. The number of ether oxygens (including phenoxy) is 1. The van der Waals surface area contributed by atoms with E-state index in [4.69, 9.17) is 20.2 Å². The van der Waals surface area contributed by atoms with Crippen molar-refractivity contribution in [2.45, 2.75) is 0 Å². The standard InChI is InChI=1S/C18H14O.C13H9NO.C13H12O2.C12H9NO3/c19-18-12-10-17(11-13-18)16-8-6-15(7-9-16)14-4-2-1-3-5-14;14-9-10-1-3-11(4-2-10)12-5-7-13(15)8-6-12;1-15-13-5-3-2-4-12(13)10-6-8-11(14)9-7-10;14-12-7-3-10(4-8-12)9-1-5-11(6-2-9)13(15)16/h1-13,19H;1-8,15H;2-9,14H,1H3;1-8,14H. The minimum atomic E-state index is -0.430. The van der Waals surface area contributed by atoms with Gasteiger partial charge in [0.1, 0.15) is 28.7 Å². The van der Waals surface area contributed by atoms with Crippen molar-refractivity contribution in [3.8, 4) is 90.5 Å². The molecule has 9 rings (SSSR count). The van der Waals surface area contributed by atoms with E-state index in [1.54, 1.807) is 92.0 Å². The van der Waals surface area contributed by atoms with Gasteiger partial charge in [0, 0.05) is 17.7 Å². The smallest absolute Gasteiger partial charge is 0.269 e. The fourth-order valence-electron chi connectivity index (χ4n) is 6.48. The van der Waals surface area contributed by atoms with Crippen molar-refractivity contribution in [2.24, 2.45) is 0 Å². The van der Waals surface area contributed by atoms with Gasteiger partial charge in [0.05, 0.1) is 23.7 Å². The number of nitro benzene ring substituents is 1. The normalized spacial score (nSPS) is 9.97. The highest BCUT2D eigenvalue weighted by Crippen LogP contribution is 2.31. The average Bonchev–Trinajstić information content (AvgIpc) is 3.36. The molecule has 0 unspecified atom stereocenters. The van der Waals surface area contributed by atoms with Crippen LogP contribution in [-0.4, -0.2) is 32.5 Å². The van der Waals surface area contributed by atoms with Gasteiger partial charge in [0.25, 0.3) is 5.69 Å². The Hall–Kier alpha value is -9.13.